The molecule has 4 nitrogen and oxygen atoms in total. The number of carbonyl (C=O) groups is 1. The van der Waals surface area contributed by atoms with Crippen molar-refractivity contribution in [2.75, 3.05) is 5.32 Å². The van der Waals surface area contributed by atoms with Crippen molar-refractivity contribution in [2.24, 2.45) is 0 Å². The average molecular weight is 307 g/mol. The van der Waals surface area contributed by atoms with Crippen LogP contribution in [0.3, 0.4) is 0 Å². The van der Waals surface area contributed by atoms with Crippen LogP contribution >= 0.6 is 0 Å². The molecule has 0 aliphatic rings. The fourth-order valence-corrected chi connectivity index (χ4v) is 2.74. The molecular formula is C19H21N3O. The topological polar surface area (TPSA) is 46.9 Å². The van der Waals surface area contributed by atoms with Crippen LogP contribution in [0.1, 0.15) is 22.3 Å². The van der Waals surface area contributed by atoms with Gasteiger partial charge in [0.1, 0.15) is 6.54 Å². The van der Waals surface area contributed by atoms with Gasteiger partial charge in [0.2, 0.25) is 5.91 Å². The summed E-state index contributed by atoms with van der Waals surface area (Å²) in [4.78, 5) is 16.7. The first-order valence-electron chi connectivity index (χ1n) is 7.73. The Morgan fingerprint density at radius 3 is 2.52 bits per heavy atom. The number of fused-ring (bicyclic) bond motifs is 1. The summed E-state index contributed by atoms with van der Waals surface area (Å²) < 4.78 is 1.89. The Balaban J connectivity index is 1.81. The molecule has 118 valence electrons. The van der Waals surface area contributed by atoms with Crippen LogP contribution in [0.25, 0.3) is 11.0 Å². The van der Waals surface area contributed by atoms with Gasteiger partial charge in [0.05, 0.1) is 17.4 Å². The second-order valence-corrected chi connectivity index (χ2v) is 6.16. The van der Waals surface area contributed by atoms with Gasteiger partial charge in [-0.3, -0.25) is 4.79 Å². The average Bonchev–Trinajstić information content (AvgIpc) is 2.85. The molecule has 0 fully saturated rings. The van der Waals surface area contributed by atoms with E-state index in [4.69, 9.17) is 0 Å². The van der Waals surface area contributed by atoms with Crippen molar-refractivity contribution in [3.05, 3.63) is 58.9 Å². The molecule has 0 saturated heterocycles. The molecule has 1 amide bonds. The normalized spacial score (nSPS) is 11.0. The lowest BCUT2D eigenvalue weighted by molar-refractivity contribution is -0.116. The molecule has 23 heavy (non-hydrogen) atoms. The summed E-state index contributed by atoms with van der Waals surface area (Å²) in [6.45, 7) is 8.44. The molecule has 1 heterocycles. The van der Waals surface area contributed by atoms with Gasteiger partial charge < -0.3 is 9.88 Å². The Kier molecular flexibility index (Phi) is 3.90. The smallest absolute Gasteiger partial charge is 0.244 e. The summed E-state index contributed by atoms with van der Waals surface area (Å²) in [5.74, 6) is -0.0468. The van der Waals surface area contributed by atoms with Gasteiger partial charge in [-0.05, 0) is 62.6 Å². The van der Waals surface area contributed by atoms with Gasteiger partial charge in [0.25, 0.3) is 0 Å². The molecule has 0 spiro atoms. The van der Waals surface area contributed by atoms with Gasteiger partial charge in [0.15, 0.2) is 0 Å². The number of hydrogen-bond donors (Lipinski definition) is 1. The monoisotopic (exact) mass is 307 g/mol. The first kappa shape index (κ1) is 15.3. The summed E-state index contributed by atoms with van der Waals surface area (Å²) in [6, 6.07) is 10.2. The van der Waals surface area contributed by atoms with E-state index in [2.05, 4.69) is 42.3 Å². The van der Waals surface area contributed by atoms with E-state index >= 15 is 0 Å². The molecule has 4 heteroatoms. The highest BCUT2D eigenvalue weighted by Crippen LogP contribution is 2.19. The third kappa shape index (κ3) is 3.11. The Morgan fingerprint density at radius 2 is 1.78 bits per heavy atom. The maximum Gasteiger partial charge on any atom is 0.244 e. The van der Waals surface area contributed by atoms with Crippen molar-refractivity contribution >= 4 is 22.6 Å². The summed E-state index contributed by atoms with van der Waals surface area (Å²) in [5.41, 5.74) is 7.44. The number of carbonyl (C=O) groups excluding carboxylic acids is 1. The van der Waals surface area contributed by atoms with Crippen LogP contribution in [-0.4, -0.2) is 15.5 Å². The number of nitrogens with zero attached hydrogens (tertiary/aromatic N) is 2. The molecule has 0 bridgehead atoms. The Morgan fingerprint density at radius 1 is 1.04 bits per heavy atom. The fourth-order valence-electron chi connectivity index (χ4n) is 2.74. The van der Waals surface area contributed by atoms with Gasteiger partial charge in [-0.15, -0.1) is 0 Å². The van der Waals surface area contributed by atoms with Crippen molar-refractivity contribution < 1.29 is 4.79 Å². The first-order valence-corrected chi connectivity index (χ1v) is 7.73. The van der Waals surface area contributed by atoms with E-state index in [0.717, 1.165) is 22.3 Å². The van der Waals surface area contributed by atoms with Gasteiger partial charge in [-0.2, -0.15) is 0 Å². The third-order valence-electron chi connectivity index (χ3n) is 4.21. The van der Waals surface area contributed by atoms with Gasteiger partial charge in [-0.1, -0.05) is 17.7 Å². The first-order chi connectivity index (χ1) is 10.9. The largest absolute Gasteiger partial charge is 0.324 e. The van der Waals surface area contributed by atoms with Crippen molar-refractivity contribution in [3.8, 4) is 0 Å². The number of aromatic nitrogens is 2. The Hall–Kier alpha value is -2.62. The van der Waals surface area contributed by atoms with E-state index in [0.29, 0.717) is 0 Å². The van der Waals surface area contributed by atoms with E-state index in [1.54, 1.807) is 6.33 Å². The molecule has 0 unspecified atom stereocenters. The second-order valence-electron chi connectivity index (χ2n) is 6.16. The SMILES string of the molecule is Cc1ccc(NC(=O)Cn2cnc3cc(C)c(C)cc32)c(C)c1. The maximum absolute atomic E-state index is 12.4. The number of benzene rings is 2. The zero-order valence-electron chi connectivity index (χ0n) is 14.0. The molecule has 0 atom stereocenters. The predicted octanol–water partition coefficient (Wildman–Crippen LogP) is 3.91. The summed E-state index contributed by atoms with van der Waals surface area (Å²) in [6.07, 6.45) is 1.73. The summed E-state index contributed by atoms with van der Waals surface area (Å²) in [5, 5.41) is 2.98. The number of aryl methyl sites for hydroxylation is 4. The highest BCUT2D eigenvalue weighted by molar-refractivity contribution is 5.92. The number of hydrogen-bond acceptors (Lipinski definition) is 2. The van der Waals surface area contributed by atoms with Gasteiger partial charge in [0, 0.05) is 5.69 Å². The van der Waals surface area contributed by atoms with Gasteiger partial charge >= 0.3 is 0 Å². The second kappa shape index (κ2) is 5.88. The molecule has 3 rings (SSSR count). The van der Waals surface area contributed by atoms with Crippen molar-refractivity contribution in [2.45, 2.75) is 34.2 Å². The highest BCUT2D eigenvalue weighted by atomic mass is 16.1. The van der Waals surface area contributed by atoms with Crippen LogP contribution in [0.5, 0.6) is 0 Å². The van der Waals surface area contributed by atoms with Crippen molar-refractivity contribution in [3.63, 3.8) is 0 Å². The highest BCUT2D eigenvalue weighted by Gasteiger charge is 2.10. The van der Waals surface area contributed by atoms with E-state index in [1.807, 2.05) is 30.5 Å². The summed E-state index contributed by atoms with van der Waals surface area (Å²) >= 11 is 0. The number of imidazole rings is 1. The van der Waals surface area contributed by atoms with Gasteiger partial charge in [-0.25, -0.2) is 4.98 Å². The molecule has 3 aromatic rings. The van der Waals surface area contributed by atoms with Crippen LogP contribution < -0.4 is 5.32 Å². The van der Waals surface area contributed by atoms with Crippen LogP contribution in [0, 0.1) is 27.7 Å². The molecule has 0 radical (unpaired) electrons. The Labute approximate surface area is 136 Å². The summed E-state index contributed by atoms with van der Waals surface area (Å²) in [7, 11) is 0. The minimum Gasteiger partial charge on any atom is -0.324 e. The van der Waals surface area contributed by atoms with Crippen molar-refractivity contribution in [1.82, 2.24) is 9.55 Å². The van der Waals surface area contributed by atoms with Crippen LogP contribution in [-0.2, 0) is 11.3 Å². The van der Waals surface area contributed by atoms with Crippen LogP contribution in [0.15, 0.2) is 36.7 Å². The van der Waals surface area contributed by atoms with Crippen molar-refractivity contribution in [1.29, 1.82) is 0 Å². The zero-order chi connectivity index (χ0) is 16.6. The quantitative estimate of drug-likeness (QED) is 0.797. The minimum atomic E-state index is -0.0468. The predicted molar refractivity (Wildman–Crippen MR) is 93.8 cm³/mol. The molecule has 0 saturated carbocycles. The number of rotatable bonds is 3. The minimum absolute atomic E-state index is 0.0468. The van der Waals surface area contributed by atoms with Crippen LogP contribution in [0.2, 0.25) is 0 Å². The standard InChI is InChI=1S/C19H21N3O/c1-12-5-6-16(15(4)7-12)21-19(23)10-22-11-20-17-8-13(2)14(3)9-18(17)22/h5-9,11H,10H2,1-4H3,(H,21,23). The zero-order valence-corrected chi connectivity index (χ0v) is 14.0. The lowest BCUT2D eigenvalue weighted by Crippen LogP contribution is -2.18. The maximum atomic E-state index is 12.4. The molecular weight excluding hydrogens is 286 g/mol. The number of amides is 1. The number of nitrogens with one attached hydrogen (secondary N) is 1. The third-order valence-corrected chi connectivity index (χ3v) is 4.21. The molecule has 1 aromatic heterocycles. The lowest BCUT2D eigenvalue weighted by Gasteiger charge is -2.10. The van der Waals surface area contributed by atoms with E-state index in [1.165, 1.54) is 16.7 Å². The van der Waals surface area contributed by atoms with E-state index < -0.39 is 0 Å². The molecule has 0 aliphatic carbocycles. The van der Waals surface area contributed by atoms with E-state index in [-0.39, 0.29) is 12.5 Å². The fraction of sp³-hybridized carbons (Fsp3) is 0.263. The Bertz CT molecular complexity index is 893. The lowest BCUT2D eigenvalue weighted by atomic mass is 10.1. The molecule has 2 aromatic carbocycles. The number of anilines is 1. The molecule has 0 aliphatic heterocycles. The molecule has 1 N–H and O–H groups in total. The van der Waals surface area contributed by atoms with Crippen LogP contribution in [0.4, 0.5) is 5.69 Å². The van der Waals surface area contributed by atoms with E-state index in [9.17, 15) is 4.79 Å².